The third kappa shape index (κ3) is 7.68. The summed E-state index contributed by atoms with van der Waals surface area (Å²) in [6.07, 6.45) is 0.315. The van der Waals surface area contributed by atoms with Crippen LogP contribution in [-0.2, 0) is 26.2 Å². The van der Waals surface area contributed by atoms with E-state index in [1.54, 1.807) is 74.5 Å². The summed E-state index contributed by atoms with van der Waals surface area (Å²) in [5.41, 5.74) is 0.955. The van der Waals surface area contributed by atoms with Crippen LogP contribution in [0.1, 0.15) is 32.8 Å². The summed E-state index contributed by atoms with van der Waals surface area (Å²) < 4.78 is 34.3. The zero-order valence-corrected chi connectivity index (χ0v) is 25.0. The Hall–Kier alpha value is -3.27. The molecule has 1 atom stereocenters. The Labute approximate surface area is 245 Å². The molecule has 0 aliphatic rings. The predicted molar refractivity (Wildman–Crippen MR) is 158 cm³/mol. The quantitative estimate of drug-likeness (QED) is 0.276. The summed E-state index contributed by atoms with van der Waals surface area (Å²) in [7, 11) is -4.17. The number of nitrogens with one attached hydrogen (secondary N) is 1. The van der Waals surface area contributed by atoms with E-state index in [9.17, 15) is 18.0 Å². The highest BCUT2D eigenvalue weighted by Gasteiger charge is 2.33. The molecule has 11 heteroatoms. The Kier molecular flexibility index (Phi) is 11.2. The largest absolute Gasteiger partial charge is 0.494 e. The Morgan fingerprint density at radius 2 is 1.60 bits per heavy atom. The number of hydrogen-bond donors (Lipinski definition) is 1. The Morgan fingerprint density at radius 1 is 0.925 bits per heavy atom. The van der Waals surface area contributed by atoms with Crippen LogP contribution in [0.25, 0.3) is 0 Å². The minimum Gasteiger partial charge on any atom is -0.494 e. The molecule has 0 radical (unpaired) electrons. The second-order valence-corrected chi connectivity index (χ2v) is 11.5. The summed E-state index contributed by atoms with van der Waals surface area (Å²) in [6.45, 7) is 5.73. The van der Waals surface area contributed by atoms with E-state index < -0.39 is 28.5 Å². The Morgan fingerprint density at radius 3 is 2.17 bits per heavy atom. The van der Waals surface area contributed by atoms with Crippen LogP contribution in [0.2, 0.25) is 10.0 Å². The van der Waals surface area contributed by atoms with Crippen LogP contribution < -0.4 is 14.4 Å². The van der Waals surface area contributed by atoms with Crippen LogP contribution in [0.3, 0.4) is 0 Å². The molecule has 0 bridgehead atoms. The van der Waals surface area contributed by atoms with Gasteiger partial charge < -0.3 is 15.0 Å². The molecule has 2 amide bonds. The molecule has 0 fully saturated rings. The first-order chi connectivity index (χ1) is 19.1. The number of nitrogens with zero attached hydrogens (tertiary/aromatic N) is 2. The first kappa shape index (κ1) is 31.3. The van der Waals surface area contributed by atoms with Gasteiger partial charge in [-0.15, -0.1) is 0 Å². The average Bonchev–Trinajstić information content (AvgIpc) is 2.94. The first-order valence-electron chi connectivity index (χ1n) is 12.9. The lowest BCUT2D eigenvalue weighted by Crippen LogP contribution is -2.52. The highest BCUT2D eigenvalue weighted by atomic mass is 35.5. The number of amides is 2. The summed E-state index contributed by atoms with van der Waals surface area (Å²) in [4.78, 5) is 28.3. The van der Waals surface area contributed by atoms with Gasteiger partial charge in [-0.05, 0) is 74.4 Å². The van der Waals surface area contributed by atoms with E-state index >= 15 is 0 Å². The minimum absolute atomic E-state index is 0.000549. The van der Waals surface area contributed by atoms with Gasteiger partial charge in [-0.3, -0.25) is 13.9 Å². The van der Waals surface area contributed by atoms with Gasteiger partial charge in [0.1, 0.15) is 18.3 Å². The van der Waals surface area contributed by atoms with E-state index in [1.165, 1.54) is 17.0 Å². The van der Waals surface area contributed by atoms with Crippen LogP contribution in [0.15, 0.2) is 77.7 Å². The number of ether oxygens (including phenoxy) is 1. The van der Waals surface area contributed by atoms with Crippen LogP contribution in [0.4, 0.5) is 5.69 Å². The van der Waals surface area contributed by atoms with Crippen molar-refractivity contribution in [1.29, 1.82) is 0 Å². The highest BCUT2D eigenvalue weighted by molar-refractivity contribution is 7.92. The lowest BCUT2D eigenvalue weighted by Gasteiger charge is -2.33. The predicted octanol–water partition coefficient (Wildman–Crippen LogP) is 5.53. The molecule has 0 aromatic heterocycles. The molecule has 3 aromatic rings. The van der Waals surface area contributed by atoms with Crippen molar-refractivity contribution in [3.05, 3.63) is 88.4 Å². The molecule has 0 spiro atoms. The fraction of sp³-hybridized carbons (Fsp3) is 0.310. The maximum Gasteiger partial charge on any atom is 0.264 e. The minimum atomic E-state index is -4.17. The molecule has 40 heavy (non-hydrogen) atoms. The third-order valence-electron chi connectivity index (χ3n) is 6.12. The van der Waals surface area contributed by atoms with Gasteiger partial charge in [0.05, 0.1) is 27.2 Å². The van der Waals surface area contributed by atoms with Crippen molar-refractivity contribution in [3.63, 3.8) is 0 Å². The van der Waals surface area contributed by atoms with Crippen molar-refractivity contribution in [3.8, 4) is 5.75 Å². The molecular weight excluding hydrogens is 573 g/mol. The van der Waals surface area contributed by atoms with E-state index in [0.29, 0.717) is 46.6 Å². The fourth-order valence-electron chi connectivity index (χ4n) is 4.17. The normalized spacial score (nSPS) is 11.9. The van der Waals surface area contributed by atoms with E-state index in [4.69, 9.17) is 27.9 Å². The van der Waals surface area contributed by atoms with Crippen LogP contribution in [-0.4, -0.2) is 50.9 Å². The second kappa shape index (κ2) is 14.4. The Bertz CT molecular complexity index is 1400. The molecule has 0 saturated heterocycles. The number of sulfonamides is 1. The monoisotopic (exact) mass is 605 g/mol. The van der Waals surface area contributed by atoms with Gasteiger partial charge in [0.15, 0.2) is 0 Å². The molecule has 0 saturated carbocycles. The van der Waals surface area contributed by atoms with Gasteiger partial charge in [-0.1, -0.05) is 54.4 Å². The molecule has 0 aliphatic heterocycles. The summed E-state index contributed by atoms with van der Waals surface area (Å²) >= 11 is 12.3. The lowest BCUT2D eigenvalue weighted by atomic mass is 10.1. The number of benzene rings is 3. The van der Waals surface area contributed by atoms with Crippen LogP contribution in [0, 0.1) is 0 Å². The molecule has 0 aliphatic carbocycles. The number of carbonyl (C=O) groups is 2. The molecule has 3 aromatic carbocycles. The van der Waals surface area contributed by atoms with Gasteiger partial charge >= 0.3 is 0 Å². The van der Waals surface area contributed by atoms with Gasteiger partial charge in [0.2, 0.25) is 11.8 Å². The summed E-state index contributed by atoms with van der Waals surface area (Å²) in [5.74, 6) is -0.356. The maximum atomic E-state index is 14.0. The summed E-state index contributed by atoms with van der Waals surface area (Å²) in [5, 5.41) is 3.44. The molecule has 0 heterocycles. The SMILES string of the molecule is CCNC(=O)C(CC)N(Cc1ccc(Cl)c(Cl)c1)C(=O)CN(c1ccccc1)S(=O)(=O)c1ccc(OCC)cc1. The molecule has 1 N–H and O–H groups in total. The molecule has 1 unspecified atom stereocenters. The maximum absolute atomic E-state index is 14.0. The molecule has 214 valence electrons. The number of carbonyl (C=O) groups excluding carboxylic acids is 2. The van der Waals surface area contributed by atoms with Crippen molar-refractivity contribution >= 4 is 50.7 Å². The fourth-order valence-corrected chi connectivity index (χ4v) is 5.91. The lowest BCUT2D eigenvalue weighted by molar-refractivity contribution is -0.140. The van der Waals surface area contributed by atoms with Crippen molar-refractivity contribution in [1.82, 2.24) is 10.2 Å². The topological polar surface area (TPSA) is 96.0 Å². The number of rotatable bonds is 13. The Balaban J connectivity index is 2.03. The van der Waals surface area contributed by atoms with Gasteiger partial charge in [-0.2, -0.15) is 0 Å². The molecular formula is C29H33Cl2N3O5S. The standard InChI is InChI=1S/C29H33Cl2N3O5S/c1-4-27(29(36)32-5-2)33(19-21-12-17-25(30)26(31)18-21)28(35)20-34(22-10-8-7-9-11-22)40(37,38)24-15-13-23(14-16-24)39-6-3/h7-18,27H,4-6,19-20H2,1-3H3,(H,32,36). The van der Waals surface area contributed by atoms with Crippen molar-refractivity contribution in [2.24, 2.45) is 0 Å². The number of anilines is 1. The smallest absolute Gasteiger partial charge is 0.264 e. The molecule has 3 rings (SSSR count). The van der Waals surface area contributed by atoms with E-state index in [-0.39, 0.29) is 17.3 Å². The zero-order valence-electron chi connectivity index (χ0n) is 22.6. The number of halogens is 2. The number of hydrogen-bond acceptors (Lipinski definition) is 5. The second-order valence-electron chi connectivity index (χ2n) is 8.84. The van der Waals surface area contributed by atoms with Crippen LogP contribution >= 0.6 is 23.2 Å². The third-order valence-corrected chi connectivity index (χ3v) is 8.65. The van der Waals surface area contributed by atoms with E-state index in [0.717, 1.165) is 4.31 Å². The van der Waals surface area contributed by atoms with Crippen molar-refractivity contribution < 1.29 is 22.7 Å². The average molecular weight is 607 g/mol. The van der Waals surface area contributed by atoms with Gasteiger partial charge in [0.25, 0.3) is 10.0 Å². The highest BCUT2D eigenvalue weighted by Crippen LogP contribution is 2.27. The zero-order chi connectivity index (χ0) is 29.3. The van der Waals surface area contributed by atoms with E-state index in [2.05, 4.69) is 5.32 Å². The number of para-hydroxylation sites is 1. The van der Waals surface area contributed by atoms with Crippen LogP contribution in [0.5, 0.6) is 5.75 Å². The van der Waals surface area contributed by atoms with Crippen molar-refractivity contribution in [2.75, 3.05) is 24.0 Å². The number of likely N-dealkylation sites (N-methyl/N-ethyl adjacent to an activating group) is 1. The van der Waals surface area contributed by atoms with E-state index in [1.807, 2.05) is 6.92 Å². The van der Waals surface area contributed by atoms with Gasteiger partial charge in [0, 0.05) is 13.1 Å². The first-order valence-corrected chi connectivity index (χ1v) is 15.1. The molecule has 8 nitrogen and oxygen atoms in total. The summed E-state index contributed by atoms with van der Waals surface area (Å²) in [6, 6.07) is 18.5. The van der Waals surface area contributed by atoms with Crippen molar-refractivity contribution in [2.45, 2.75) is 44.7 Å². The van der Waals surface area contributed by atoms with Gasteiger partial charge in [-0.25, -0.2) is 8.42 Å².